The zero-order valence-corrected chi connectivity index (χ0v) is 9.68. The molecule has 0 unspecified atom stereocenters. The molecule has 0 spiro atoms. The normalized spacial score (nSPS) is 15.5. The maximum absolute atomic E-state index is 4.18. The van der Waals surface area contributed by atoms with Crippen molar-refractivity contribution in [1.29, 1.82) is 0 Å². The molecule has 1 fully saturated rings. The second kappa shape index (κ2) is 3.45. The van der Waals surface area contributed by atoms with Gasteiger partial charge in [-0.25, -0.2) is 4.68 Å². The number of halogens is 1. The Bertz CT molecular complexity index is 471. The smallest absolute Gasteiger partial charge is 0.0862 e. The largest absolute Gasteiger partial charge is 0.220 e. The number of hydrogen-bond acceptors (Lipinski definition) is 2. The molecule has 1 aromatic heterocycles. The summed E-state index contributed by atoms with van der Waals surface area (Å²) in [4.78, 5) is 0. The third kappa shape index (κ3) is 1.81. The zero-order chi connectivity index (χ0) is 10.3. The molecule has 1 aliphatic carbocycles. The fourth-order valence-corrected chi connectivity index (χ4v) is 1.83. The Morgan fingerprint density at radius 3 is 2.60 bits per heavy atom. The van der Waals surface area contributed by atoms with Gasteiger partial charge in [0.2, 0.25) is 0 Å². The minimum Gasteiger partial charge on any atom is -0.220 e. The highest BCUT2D eigenvalue weighted by Crippen LogP contribution is 2.38. The maximum Gasteiger partial charge on any atom is 0.0862 e. The van der Waals surface area contributed by atoms with E-state index < -0.39 is 0 Å². The first-order valence-corrected chi connectivity index (χ1v) is 5.80. The molecule has 4 heteroatoms. The first kappa shape index (κ1) is 9.09. The third-order valence-electron chi connectivity index (χ3n) is 2.60. The van der Waals surface area contributed by atoms with Crippen LogP contribution in [0.3, 0.4) is 0 Å². The third-order valence-corrected chi connectivity index (χ3v) is 3.13. The van der Waals surface area contributed by atoms with Gasteiger partial charge in [0.05, 0.1) is 17.6 Å². The van der Waals surface area contributed by atoms with Crippen LogP contribution in [0.2, 0.25) is 0 Å². The summed E-state index contributed by atoms with van der Waals surface area (Å²) in [5, 5.41) is 8.31. The van der Waals surface area contributed by atoms with Gasteiger partial charge in [-0.3, -0.25) is 0 Å². The molecule has 2 aromatic rings. The van der Waals surface area contributed by atoms with Crippen LogP contribution in [0.25, 0.3) is 5.69 Å². The second-order valence-electron chi connectivity index (χ2n) is 3.84. The van der Waals surface area contributed by atoms with E-state index in [4.69, 9.17) is 0 Å². The summed E-state index contributed by atoms with van der Waals surface area (Å²) < 4.78 is 2.91. The topological polar surface area (TPSA) is 30.7 Å². The van der Waals surface area contributed by atoms with Crippen LogP contribution >= 0.6 is 15.9 Å². The van der Waals surface area contributed by atoms with E-state index in [0.29, 0.717) is 5.92 Å². The van der Waals surface area contributed by atoms with Crippen LogP contribution in [0.15, 0.2) is 34.9 Å². The molecule has 0 saturated heterocycles. The molecule has 15 heavy (non-hydrogen) atoms. The molecule has 1 saturated carbocycles. The van der Waals surface area contributed by atoms with Crippen molar-refractivity contribution in [3.63, 3.8) is 0 Å². The Morgan fingerprint density at radius 2 is 1.93 bits per heavy atom. The Balaban J connectivity index is 1.93. The molecule has 0 amide bonds. The summed E-state index contributed by atoms with van der Waals surface area (Å²) in [7, 11) is 0. The average molecular weight is 264 g/mol. The van der Waals surface area contributed by atoms with E-state index in [9.17, 15) is 0 Å². The van der Waals surface area contributed by atoms with Crippen LogP contribution in [0.4, 0.5) is 0 Å². The molecular weight excluding hydrogens is 254 g/mol. The van der Waals surface area contributed by atoms with Crippen molar-refractivity contribution < 1.29 is 0 Å². The summed E-state index contributed by atoms with van der Waals surface area (Å²) in [6.45, 7) is 0. The number of rotatable bonds is 2. The molecule has 0 N–H and O–H groups in total. The summed E-state index contributed by atoms with van der Waals surface area (Å²) in [5.74, 6) is 0.661. The highest BCUT2D eigenvalue weighted by Gasteiger charge is 2.26. The highest BCUT2D eigenvalue weighted by atomic mass is 79.9. The Kier molecular flexibility index (Phi) is 2.09. The van der Waals surface area contributed by atoms with Crippen LogP contribution < -0.4 is 0 Å². The van der Waals surface area contributed by atoms with E-state index in [1.54, 1.807) is 0 Å². The Labute approximate surface area is 96.2 Å². The first-order valence-electron chi connectivity index (χ1n) is 5.01. The van der Waals surface area contributed by atoms with Gasteiger partial charge < -0.3 is 0 Å². The number of benzene rings is 1. The lowest BCUT2D eigenvalue weighted by molar-refractivity contribution is 0.797. The molecule has 3 nitrogen and oxygen atoms in total. The lowest BCUT2D eigenvalue weighted by atomic mass is 10.3. The van der Waals surface area contributed by atoms with E-state index in [-0.39, 0.29) is 0 Å². The minimum absolute atomic E-state index is 0.661. The molecule has 1 aromatic carbocycles. The lowest BCUT2D eigenvalue weighted by Crippen LogP contribution is -1.93. The molecule has 0 aliphatic heterocycles. The van der Waals surface area contributed by atoms with Crippen LogP contribution in [-0.2, 0) is 0 Å². The first-order chi connectivity index (χ1) is 7.33. The molecule has 76 valence electrons. The van der Waals surface area contributed by atoms with Crippen molar-refractivity contribution in [1.82, 2.24) is 15.0 Å². The van der Waals surface area contributed by atoms with Gasteiger partial charge in [-0.05, 0) is 37.1 Å². The fraction of sp³-hybridized carbons (Fsp3) is 0.273. The van der Waals surface area contributed by atoms with Crippen molar-refractivity contribution in [2.45, 2.75) is 18.8 Å². The summed E-state index contributed by atoms with van der Waals surface area (Å²) >= 11 is 3.41. The van der Waals surface area contributed by atoms with Gasteiger partial charge >= 0.3 is 0 Å². The molecule has 3 rings (SSSR count). The van der Waals surface area contributed by atoms with Gasteiger partial charge in [-0.1, -0.05) is 21.1 Å². The SMILES string of the molecule is Brc1ccc(-n2cc(C3CC3)nn2)cc1. The molecule has 0 bridgehead atoms. The van der Waals surface area contributed by atoms with E-state index in [0.717, 1.165) is 15.9 Å². The molecule has 0 atom stereocenters. The van der Waals surface area contributed by atoms with Gasteiger partial charge in [0.25, 0.3) is 0 Å². The minimum atomic E-state index is 0.661. The van der Waals surface area contributed by atoms with Gasteiger partial charge in [0, 0.05) is 10.4 Å². The van der Waals surface area contributed by atoms with Crippen molar-refractivity contribution in [3.05, 3.63) is 40.6 Å². The van der Waals surface area contributed by atoms with Gasteiger partial charge in [-0.2, -0.15) is 0 Å². The monoisotopic (exact) mass is 263 g/mol. The van der Waals surface area contributed by atoms with Gasteiger partial charge in [0.1, 0.15) is 0 Å². The van der Waals surface area contributed by atoms with E-state index in [2.05, 4.69) is 26.2 Å². The van der Waals surface area contributed by atoms with E-state index in [1.165, 1.54) is 12.8 Å². The quantitative estimate of drug-likeness (QED) is 0.834. The molecule has 1 aliphatic rings. The predicted molar refractivity (Wildman–Crippen MR) is 61.0 cm³/mol. The Hall–Kier alpha value is -1.16. The zero-order valence-electron chi connectivity index (χ0n) is 8.10. The van der Waals surface area contributed by atoms with Crippen molar-refractivity contribution in [2.24, 2.45) is 0 Å². The molecule has 1 heterocycles. The molecule has 0 radical (unpaired) electrons. The fourth-order valence-electron chi connectivity index (χ4n) is 1.56. The van der Waals surface area contributed by atoms with Crippen molar-refractivity contribution >= 4 is 15.9 Å². The number of nitrogens with zero attached hydrogens (tertiary/aromatic N) is 3. The Morgan fingerprint density at radius 1 is 1.20 bits per heavy atom. The van der Waals surface area contributed by atoms with Gasteiger partial charge in [0.15, 0.2) is 0 Å². The van der Waals surface area contributed by atoms with Crippen LogP contribution in [-0.4, -0.2) is 15.0 Å². The highest BCUT2D eigenvalue weighted by molar-refractivity contribution is 9.10. The standard InChI is InChI=1S/C11H10BrN3/c12-9-3-5-10(6-4-9)15-7-11(13-14-15)8-1-2-8/h3-8H,1-2H2. The summed E-state index contributed by atoms with van der Waals surface area (Å²) in [6, 6.07) is 8.06. The van der Waals surface area contributed by atoms with Crippen molar-refractivity contribution in [2.75, 3.05) is 0 Å². The van der Waals surface area contributed by atoms with E-state index in [1.807, 2.05) is 35.1 Å². The predicted octanol–water partition coefficient (Wildman–Crippen LogP) is 2.91. The molecular formula is C11H10BrN3. The lowest BCUT2D eigenvalue weighted by Gasteiger charge is -1.98. The van der Waals surface area contributed by atoms with E-state index >= 15 is 0 Å². The number of aromatic nitrogens is 3. The van der Waals surface area contributed by atoms with Crippen molar-refractivity contribution in [3.8, 4) is 5.69 Å². The average Bonchev–Trinajstić information content (AvgIpc) is 2.99. The van der Waals surface area contributed by atoms with Crippen LogP contribution in [0.5, 0.6) is 0 Å². The van der Waals surface area contributed by atoms with Crippen LogP contribution in [0.1, 0.15) is 24.5 Å². The summed E-state index contributed by atoms with van der Waals surface area (Å²) in [6.07, 6.45) is 4.55. The van der Waals surface area contributed by atoms with Crippen LogP contribution in [0, 0.1) is 0 Å². The number of hydrogen-bond donors (Lipinski definition) is 0. The second-order valence-corrected chi connectivity index (χ2v) is 4.75. The summed E-state index contributed by atoms with van der Waals surface area (Å²) in [5.41, 5.74) is 2.18. The maximum atomic E-state index is 4.18. The van der Waals surface area contributed by atoms with Gasteiger partial charge in [-0.15, -0.1) is 5.10 Å².